The Hall–Kier alpha value is -0.610. The highest BCUT2D eigenvalue weighted by molar-refractivity contribution is 9.10. The average molecular weight is 285 g/mol. The third-order valence-corrected chi connectivity index (χ3v) is 3.61. The van der Waals surface area contributed by atoms with Crippen LogP contribution in [0.25, 0.3) is 0 Å². The van der Waals surface area contributed by atoms with Crippen molar-refractivity contribution in [2.75, 3.05) is 18.0 Å². The number of ether oxygens (including phenoxy) is 1. The van der Waals surface area contributed by atoms with Gasteiger partial charge in [-0.2, -0.15) is 0 Å². The normalized spacial score (nSPS) is 25.9. The molecule has 0 radical (unpaired) electrons. The second-order valence-electron chi connectivity index (χ2n) is 4.45. The van der Waals surface area contributed by atoms with Gasteiger partial charge in [0.15, 0.2) is 0 Å². The second kappa shape index (κ2) is 4.72. The monoisotopic (exact) mass is 284 g/mol. The summed E-state index contributed by atoms with van der Waals surface area (Å²) < 4.78 is 6.77. The summed E-state index contributed by atoms with van der Waals surface area (Å²) in [5.74, 6) is 1.04. The van der Waals surface area contributed by atoms with Gasteiger partial charge in [-0.25, -0.2) is 4.98 Å². The van der Waals surface area contributed by atoms with E-state index in [4.69, 9.17) is 4.74 Å². The maximum Gasteiger partial charge on any atom is 0.128 e. The molecular formula is C12H17BrN2O. The molecule has 16 heavy (non-hydrogen) atoms. The molecule has 2 rings (SSSR count). The molecule has 2 heterocycles. The first kappa shape index (κ1) is 11.9. The van der Waals surface area contributed by atoms with Crippen LogP contribution in [0.3, 0.4) is 0 Å². The Labute approximate surface area is 105 Å². The molecule has 0 N–H and O–H groups in total. The van der Waals surface area contributed by atoms with Gasteiger partial charge >= 0.3 is 0 Å². The molecule has 0 amide bonds. The SMILES string of the molecule is Cc1cc(N2CC(C)OC(C)C2)ncc1Br. The van der Waals surface area contributed by atoms with E-state index in [1.54, 1.807) is 0 Å². The summed E-state index contributed by atoms with van der Waals surface area (Å²) in [5, 5.41) is 0. The molecule has 0 aliphatic carbocycles. The highest BCUT2D eigenvalue weighted by atomic mass is 79.9. The zero-order chi connectivity index (χ0) is 11.7. The molecule has 0 spiro atoms. The summed E-state index contributed by atoms with van der Waals surface area (Å²) in [6.45, 7) is 8.13. The van der Waals surface area contributed by atoms with Crippen LogP contribution in [-0.4, -0.2) is 30.3 Å². The zero-order valence-electron chi connectivity index (χ0n) is 9.90. The summed E-state index contributed by atoms with van der Waals surface area (Å²) in [6, 6.07) is 2.12. The van der Waals surface area contributed by atoms with Crippen LogP contribution in [0.5, 0.6) is 0 Å². The van der Waals surface area contributed by atoms with E-state index in [0.717, 1.165) is 23.4 Å². The van der Waals surface area contributed by atoms with Gasteiger partial charge in [-0.3, -0.25) is 0 Å². The van der Waals surface area contributed by atoms with Crippen LogP contribution in [-0.2, 0) is 4.74 Å². The van der Waals surface area contributed by atoms with E-state index in [-0.39, 0.29) is 12.2 Å². The van der Waals surface area contributed by atoms with Crippen molar-refractivity contribution >= 4 is 21.7 Å². The zero-order valence-corrected chi connectivity index (χ0v) is 11.5. The van der Waals surface area contributed by atoms with Crippen LogP contribution in [0.4, 0.5) is 5.82 Å². The van der Waals surface area contributed by atoms with Crippen molar-refractivity contribution in [2.24, 2.45) is 0 Å². The quantitative estimate of drug-likeness (QED) is 0.793. The molecular weight excluding hydrogens is 268 g/mol. The molecule has 0 bridgehead atoms. The predicted molar refractivity (Wildman–Crippen MR) is 68.9 cm³/mol. The molecule has 0 saturated carbocycles. The average Bonchev–Trinajstić information content (AvgIpc) is 2.20. The number of halogens is 1. The second-order valence-corrected chi connectivity index (χ2v) is 5.31. The van der Waals surface area contributed by atoms with Crippen molar-refractivity contribution in [1.82, 2.24) is 4.98 Å². The minimum atomic E-state index is 0.273. The van der Waals surface area contributed by atoms with Crippen LogP contribution in [0.2, 0.25) is 0 Å². The first-order valence-corrected chi connectivity index (χ1v) is 6.38. The minimum Gasteiger partial charge on any atom is -0.372 e. The Morgan fingerprint density at radius 1 is 1.38 bits per heavy atom. The van der Waals surface area contributed by atoms with Gasteiger partial charge in [0, 0.05) is 23.8 Å². The highest BCUT2D eigenvalue weighted by Crippen LogP contribution is 2.22. The van der Waals surface area contributed by atoms with E-state index in [0.29, 0.717) is 0 Å². The third-order valence-electron chi connectivity index (χ3n) is 2.78. The molecule has 4 heteroatoms. The summed E-state index contributed by atoms with van der Waals surface area (Å²) in [6.07, 6.45) is 2.42. The van der Waals surface area contributed by atoms with Gasteiger partial charge in [0.1, 0.15) is 5.82 Å². The fourth-order valence-corrected chi connectivity index (χ4v) is 2.28. The Kier molecular flexibility index (Phi) is 3.50. The van der Waals surface area contributed by atoms with Gasteiger partial charge in [-0.05, 0) is 48.3 Å². The molecule has 1 saturated heterocycles. The topological polar surface area (TPSA) is 25.4 Å². The molecule has 2 unspecified atom stereocenters. The van der Waals surface area contributed by atoms with E-state index in [2.05, 4.69) is 52.7 Å². The first-order valence-electron chi connectivity index (χ1n) is 5.59. The number of nitrogens with zero attached hydrogens (tertiary/aromatic N) is 2. The number of hydrogen-bond donors (Lipinski definition) is 0. The largest absolute Gasteiger partial charge is 0.372 e. The van der Waals surface area contributed by atoms with E-state index < -0.39 is 0 Å². The van der Waals surface area contributed by atoms with E-state index >= 15 is 0 Å². The number of pyridine rings is 1. The molecule has 2 atom stereocenters. The van der Waals surface area contributed by atoms with E-state index in [9.17, 15) is 0 Å². The lowest BCUT2D eigenvalue weighted by atomic mass is 10.2. The molecule has 1 aliphatic rings. The molecule has 3 nitrogen and oxygen atoms in total. The summed E-state index contributed by atoms with van der Waals surface area (Å²) >= 11 is 3.47. The van der Waals surface area contributed by atoms with Gasteiger partial charge < -0.3 is 9.64 Å². The Bertz CT molecular complexity index is 373. The first-order chi connectivity index (χ1) is 7.56. The van der Waals surface area contributed by atoms with Gasteiger partial charge in [0.2, 0.25) is 0 Å². The van der Waals surface area contributed by atoms with Crippen molar-refractivity contribution in [3.8, 4) is 0 Å². The van der Waals surface area contributed by atoms with Crippen LogP contribution in [0.15, 0.2) is 16.7 Å². The molecule has 0 aromatic carbocycles. The lowest BCUT2D eigenvalue weighted by molar-refractivity contribution is -0.00546. The number of aryl methyl sites for hydroxylation is 1. The maximum absolute atomic E-state index is 5.71. The Morgan fingerprint density at radius 3 is 2.56 bits per heavy atom. The van der Waals surface area contributed by atoms with Crippen LogP contribution < -0.4 is 4.90 Å². The van der Waals surface area contributed by atoms with Crippen LogP contribution in [0, 0.1) is 6.92 Å². The van der Waals surface area contributed by atoms with Gasteiger partial charge in [0.05, 0.1) is 12.2 Å². The van der Waals surface area contributed by atoms with Crippen LogP contribution in [0.1, 0.15) is 19.4 Å². The van der Waals surface area contributed by atoms with Crippen molar-refractivity contribution < 1.29 is 4.74 Å². The third kappa shape index (κ3) is 2.55. The molecule has 1 aliphatic heterocycles. The van der Waals surface area contributed by atoms with Crippen molar-refractivity contribution in [1.29, 1.82) is 0 Å². The number of aromatic nitrogens is 1. The summed E-state index contributed by atoms with van der Waals surface area (Å²) in [5.41, 5.74) is 1.22. The van der Waals surface area contributed by atoms with Gasteiger partial charge in [-0.15, -0.1) is 0 Å². The fourth-order valence-electron chi connectivity index (χ4n) is 2.06. The Morgan fingerprint density at radius 2 is 2.00 bits per heavy atom. The molecule has 1 fully saturated rings. The van der Waals surface area contributed by atoms with Gasteiger partial charge in [-0.1, -0.05) is 0 Å². The molecule has 88 valence electrons. The summed E-state index contributed by atoms with van der Waals surface area (Å²) in [7, 11) is 0. The van der Waals surface area contributed by atoms with Crippen LogP contribution >= 0.6 is 15.9 Å². The minimum absolute atomic E-state index is 0.273. The fraction of sp³-hybridized carbons (Fsp3) is 0.583. The maximum atomic E-state index is 5.71. The number of anilines is 1. The summed E-state index contributed by atoms with van der Waals surface area (Å²) in [4.78, 5) is 6.75. The lowest BCUT2D eigenvalue weighted by Crippen LogP contribution is -2.45. The standard InChI is InChI=1S/C12H17BrN2O/c1-8-4-12(14-5-11(8)13)15-6-9(2)16-10(3)7-15/h4-5,9-10H,6-7H2,1-3H3. The van der Waals surface area contributed by atoms with E-state index in [1.165, 1.54) is 5.56 Å². The molecule has 1 aromatic rings. The van der Waals surface area contributed by atoms with Crippen molar-refractivity contribution in [3.05, 3.63) is 22.3 Å². The molecule has 1 aromatic heterocycles. The number of rotatable bonds is 1. The highest BCUT2D eigenvalue weighted by Gasteiger charge is 2.23. The Balaban J connectivity index is 2.19. The van der Waals surface area contributed by atoms with Crippen molar-refractivity contribution in [2.45, 2.75) is 33.0 Å². The smallest absolute Gasteiger partial charge is 0.128 e. The van der Waals surface area contributed by atoms with E-state index in [1.807, 2.05) is 6.20 Å². The number of hydrogen-bond acceptors (Lipinski definition) is 3. The van der Waals surface area contributed by atoms with Crippen molar-refractivity contribution in [3.63, 3.8) is 0 Å². The lowest BCUT2D eigenvalue weighted by Gasteiger charge is -2.36. The van der Waals surface area contributed by atoms with Gasteiger partial charge in [0.25, 0.3) is 0 Å². The predicted octanol–water partition coefficient (Wildman–Crippen LogP) is 2.77. The number of morpholine rings is 1.